The fraction of sp³-hybridized carbons (Fsp3) is 0.692. The van der Waals surface area contributed by atoms with Crippen LogP contribution in [0.4, 0.5) is 9.59 Å². The molecule has 6 nitrogen and oxygen atoms in total. The summed E-state index contributed by atoms with van der Waals surface area (Å²) in [5.41, 5.74) is 1.23. The van der Waals surface area contributed by atoms with Gasteiger partial charge in [-0.1, -0.05) is 11.6 Å². The van der Waals surface area contributed by atoms with Gasteiger partial charge < -0.3 is 18.9 Å². The molecule has 0 radical (unpaired) electrons. The molecule has 2 atom stereocenters. The van der Waals surface area contributed by atoms with Gasteiger partial charge in [0.15, 0.2) is 0 Å². The van der Waals surface area contributed by atoms with Gasteiger partial charge in [-0.25, -0.2) is 9.59 Å². The molecule has 0 aromatic rings. The summed E-state index contributed by atoms with van der Waals surface area (Å²) in [6, 6.07) is 0. The van der Waals surface area contributed by atoms with Gasteiger partial charge in [-0.3, -0.25) is 0 Å². The van der Waals surface area contributed by atoms with Crippen LogP contribution in [0.15, 0.2) is 11.6 Å². The lowest BCUT2D eigenvalue weighted by Gasteiger charge is -2.27. The molecule has 0 heterocycles. The maximum absolute atomic E-state index is 11.2. The molecule has 0 fully saturated rings. The monoisotopic (exact) mass is 272 g/mol. The number of methoxy groups -OCH3 is 2. The second-order valence-electron chi connectivity index (χ2n) is 4.39. The minimum absolute atomic E-state index is 0.518. The standard InChI is InChI=1S/C13H20O6/c1-9-5-4-6-10(18-12(14)16-2)11(8-7-9)19-13(15)17-3/h5,10-11H,4,6-8H2,1-3H3/b9-5-. The highest BCUT2D eigenvalue weighted by Crippen LogP contribution is 2.23. The Kier molecular flexibility index (Phi) is 6.18. The van der Waals surface area contributed by atoms with E-state index in [0.717, 1.165) is 12.8 Å². The van der Waals surface area contributed by atoms with Crippen LogP contribution in [-0.4, -0.2) is 38.7 Å². The summed E-state index contributed by atoms with van der Waals surface area (Å²) in [4.78, 5) is 22.4. The minimum Gasteiger partial charge on any atom is -0.438 e. The first-order valence-corrected chi connectivity index (χ1v) is 6.21. The highest BCUT2D eigenvalue weighted by molar-refractivity contribution is 5.61. The summed E-state index contributed by atoms with van der Waals surface area (Å²) in [5.74, 6) is 0. The van der Waals surface area contributed by atoms with Crippen molar-refractivity contribution in [3.63, 3.8) is 0 Å². The van der Waals surface area contributed by atoms with Crippen LogP contribution in [0.1, 0.15) is 32.6 Å². The number of carbonyl (C=O) groups is 2. The van der Waals surface area contributed by atoms with Crippen molar-refractivity contribution >= 4 is 12.3 Å². The summed E-state index contributed by atoms with van der Waals surface area (Å²) in [6.07, 6.45) is 2.22. The maximum atomic E-state index is 11.2. The van der Waals surface area contributed by atoms with Crippen LogP contribution in [-0.2, 0) is 18.9 Å². The topological polar surface area (TPSA) is 71.1 Å². The SMILES string of the molecule is COC(=O)OC1CC/C=C(/C)CCC1OC(=O)OC. The van der Waals surface area contributed by atoms with Crippen molar-refractivity contribution in [3.05, 3.63) is 11.6 Å². The van der Waals surface area contributed by atoms with Gasteiger partial charge in [-0.15, -0.1) is 0 Å². The van der Waals surface area contributed by atoms with Crippen molar-refractivity contribution in [2.75, 3.05) is 14.2 Å². The van der Waals surface area contributed by atoms with E-state index in [-0.39, 0.29) is 0 Å². The molecule has 108 valence electrons. The Morgan fingerprint density at radius 2 is 1.58 bits per heavy atom. The first kappa shape index (κ1) is 15.3. The predicted octanol–water partition coefficient (Wildman–Crippen LogP) is 2.81. The van der Waals surface area contributed by atoms with Crippen molar-refractivity contribution in [1.29, 1.82) is 0 Å². The summed E-state index contributed by atoms with van der Waals surface area (Å²) in [7, 11) is 2.48. The Hall–Kier alpha value is -1.72. The predicted molar refractivity (Wildman–Crippen MR) is 66.8 cm³/mol. The Labute approximate surface area is 112 Å². The molecule has 0 amide bonds. The summed E-state index contributed by atoms with van der Waals surface area (Å²) in [6.45, 7) is 2.02. The number of allylic oxidation sites excluding steroid dienone is 2. The third kappa shape index (κ3) is 5.19. The second-order valence-corrected chi connectivity index (χ2v) is 4.39. The minimum atomic E-state index is -0.773. The molecule has 2 unspecified atom stereocenters. The average Bonchev–Trinajstić information content (AvgIpc) is 2.40. The lowest BCUT2D eigenvalue weighted by atomic mass is 9.96. The maximum Gasteiger partial charge on any atom is 0.508 e. The Morgan fingerprint density at radius 3 is 2.11 bits per heavy atom. The third-order valence-corrected chi connectivity index (χ3v) is 3.01. The van der Waals surface area contributed by atoms with Crippen LogP contribution in [0.2, 0.25) is 0 Å². The number of hydrogen-bond acceptors (Lipinski definition) is 6. The Balaban J connectivity index is 2.73. The van der Waals surface area contributed by atoms with E-state index < -0.39 is 24.5 Å². The van der Waals surface area contributed by atoms with E-state index in [2.05, 4.69) is 15.5 Å². The molecule has 1 aliphatic rings. The zero-order valence-electron chi connectivity index (χ0n) is 11.5. The second kappa shape index (κ2) is 7.66. The number of rotatable bonds is 2. The molecule has 0 aromatic heterocycles. The first-order valence-electron chi connectivity index (χ1n) is 6.21. The van der Waals surface area contributed by atoms with Crippen LogP contribution >= 0.6 is 0 Å². The highest BCUT2D eigenvalue weighted by Gasteiger charge is 2.30. The molecule has 0 spiro atoms. The van der Waals surface area contributed by atoms with E-state index in [4.69, 9.17) is 9.47 Å². The quantitative estimate of drug-likeness (QED) is 0.568. The van der Waals surface area contributed by atoms with Crippen molar-refractivity contribution in [2.45, 2.75) is 44.8 Å². The molecular formula is C13H20O6. The van der Waals surface area contributed by atoms with Gasteiger partial charge in [0.1, 0.15) is 12.2 Å². The van der Waals surface area contributed by atoms with Crippen molar-refractivity contribution < 1.29 is 28.5 Å². The van der Waals surface area contributed by atoms with Crippen LogP contribution in [0.3, 0.4) is 0 Å². The molecule has 0 bridgehead atoms. The van der Waals surface area contributed by atoms with E-state index >= 15 is 0 Å². The molecule has 0 saturated carbocycles. The molecular weight excluding hydrogens is 252 g/mol. The zero-order valence-corrected chi connectivity index (χ0v) is 11.5. The Morgan fingerprint density at radius 1 is 1.05 bits per heavy atom. The molecule has 0 saturated heterocycles. The number of hydrogen-bond donors (Lipinski definition) is 0. The normalized spacial score (nSPS) is 26.2. The van der Waals surface area contributed by atoms with Gasteiger partial charge in [-0.05, 0) is 32.6 Å². The van der Waals surface area contributed by atoms with Gasteiger partial charge >= 0.3 is 12.3 Å². The summed E-state index contributed by atoms with van der Waals surface area (Å²) >= 11 is 0. The molecule has 1 rings (SSSR count). The van der Waals surface area contributed by atoms with Gasteiger partial charge in [-0.2, -0.15) is 0 Å². The van der Waals surface area contributed by atoms with E-state index in [1.54, 1.807) is 0 Å². The number of ether oxygens (including phenoxy) is 4. The fourth-order valence-electron chi connectivity index (χ4n) is 1.95. The fourth-order valence-corrected chi connectivity index (χ4v) is 1.95. The van der Waals surface area contributed by atoms with E-state index in [1.807, 2.05) is 6.92 Å². The molecule has 0 aromatic carbocycles. The van der Waals surface area contributed by atoms with E-state index in [0.29, 0.717) is 12.8 Å². The van der Waals surface area contributed by atoms with Crippen LogP contribution in [0, 0.1) is 0 Å². The van der Waals surface area contributed by atoms with E-state index in [1.165, 1.54) is 19.8 Å². The molecule has 19 heavy (non-hydrogen) atoms. The van der Waals surface area contributed by atoms with Gasteiger partial charge in [0, 0.05) is 0 Å². The summed E-state index contributed by atoms with van der Waals surface area (Å²) in [5, 5.41) is 0. The molecule has 1 aliphatic carbocycles. The van der Waals surface area contributed by atoms with Gasteiger partial charge in [0.05, 0.1) is 14.2 Å². The lowest BCUT2D eigenvalue weighted by molar-refractivity contribution is -0.0540. The average molecular weight is 272 g/mol. The first-order chi connectivity index (χ1) is 9.06. The number of carbonyl (C=O) groups excluding carboxylic acids is 2. The molecule has 0 N–H and O–H groups in total. The molecule has 6 heteroatoms. The van der Waals surface area contributed by atoms with E-state index in [9.17, 15) is 9.59 Å². The van der Waals surface area contributed by atoms with Gasteiger partial charge in [0.25, 0.3) is 0 Å². The van der Waals surface area contributed by atoms with Crippen molar-refractivity contribution in [2.24, 2.45) is 0 Å². The third-order valence-electron chi connectivity index (χ3n) is 3.01. The largest absolute Gasteiger partial charge is 0.508 e. The van der Waals surface area contributed by atoms with Crippen LogP contribution in [0.25, 0.3) is 0 Å². The lowest BCUT2D eigenvalue weighted by Crippen LogP contribution is -2.36. The van der Waals surface area contributed by atoms with Crippen molar-refractivity contribution in [3.8, 4) is 0 Å². The van der Waals surface area contributed by atoms with Crippen molar-refractivity contribution in [1.82, 2.24) is 0 Å². The molecule has 0 aliphatic heterocycles. The zero-order chi connectivity index (χ0) is 14.3. The Bertz CT molecular complexity index is 349. The van der Waals surface area contributed by atoms with Gasteiger partial charge in [0.2, 0.25) is 0 Å². The highest BCUT2D eigenvalue weighted by atomic mass is 16.7. The van der Waals surface area contributed by atoms with Crippen LogP contribution < -0.4 is 0 Å². The smallest absolute Gasteiger partial charge is 0.438 e. The summed E-state index contributed by atoms with van der Waals surface area (Å²) < 4.78 is 19.3. The van der Waals surface area contributed by atoms with Crippen LogP contribution in [0.5, 0.6) is 0 Å².